The van der Waals surface area contributed by atoms with Gasteiger partial charge in [-0.2, -0.15) is 0 Å². The van der Waals surface area contributed by atoms with Crippen LogP contribution in [-0.2, 0) is 0 Å². The van der Waals surface area contributed by atoms with E-state index < -0.39 is 0 Å². The summed E-state index contributed by atoms with van der Waals surface area (Å²) < 4.78 is 0. The van der Waals surface area contributed by atoms with Crippen LogP contribution in [0.4, 0.5) is 0 Å². The second-order valence-electron chi connectivity index (χ2n) is 7.03. The lowest BCUT2D eigenvalue weighted by Crippen LogP contribution is -2.41. The molecule has 0 radical (unpaired) electrons. The Balaban J connectivity index is 1.44. The van der Waals surface area contributed by atoms with Crippen molar-refractivity contribution in [3.05, 3.63) is 36.2 Å². The summed E-state index contributed by atoms with van der Waals surface area (Å²) in [5, 5.41) is 3.19. The minimum Gasteiger partial charge on any atom is -0.348 e. The molecule has 2 aromatic rings. The molecule has 0 spiro atoms. The van der Waals surface area contributed by atoms with Gasteiger partial charge in [0, 0.05) is 6.04 Å². The van der Waals surface area contributed by atoms with Crippen LogP contribution in [0.5, 0.6) is 0 Å². The van der Waals surface area contributed by atoms with E-state index in [4.69, 9.17) is 0 Å². The van der Waals surface area contributed by atoms with E-state index in [-0.39, 0.29) is 5.91 Å². The van der Waals surface area contributed by atoms with Crippen molar-refractivity contribution in [2.24, 2.45) is 11.8 Å². The Morgan fingerprint density at radius 2 is 1.78 bits per heavy atom. The summed E-state index contributed by atoms with van der Waals surface area (Å²) in [7, 11) is 0. The van der Waals surface area contributed by atoms with E-state index in [0.717, 1.165) is 35.7 Å². The van der Waals surface area contributed by atoms with Gasteiger partial charge in [0.05, 0.1) is 17.2 Å². The van der Waals surface area contributed by atoms with Gasteiger partial charge in [-0.1, -0.05) is 37.8 Å². The second kappa shape index (κ2) is 6.26. The maximum Gasteiger partial charge on any atom is 0.271 e. The van der Waals surface area contributed by atoms with Crippen molar-refractivity contribution in [1.82, 2.24) is 15.3 Å². The van der Waals surface area contributed by atoms with Gasteiger partial charge in [0.2, 0.25) is 0 Å². The smallest absolute Gasteiger partial charge is 0.271 e. The molecule has 0 aliphatic heterocycles. The van der Waals surface area contributed by atoms with Gasteiger partial charge in [-0.3, -0.25) is 9.78 Å². The van der Waals surface area contributed by atoms with Crippen LogP contribution in [-0.4, -0.2) is 21.9 Å². The van der Waals surface area contributed by atoms with Crippen LogP contribution in [0, 0.1) is 11.8 Å². The largest absolute Gasteiger partial charge is 0.348 e. The van der Waals surface area contributed by atoms with Crippen molar-refractivity contribution in [3.8, 4) is 0 Å². The lowest BCUT2D eigenvalue weighted by molar-refractivity contribution is 0.0874. The molecule has 2 aliphatic rings. The number of amides is 1. The first-order valence-corrected chi connectivity index (χ1v) is 8.82. The van der Waals surface area contributed by atoms with Crippen molar-refractivity contribution < 1.29 is 4.79 Å². The van der Waals surface area contributed by atoms with Crippen LogP contribution in [0.2, 0.25) is 0 Å². The molecule has 1 N–H and O–H groups in total. The Kier molecular flexibility index (Phi) is 3.98. The van der Waals surface area contributed by atoms with Gasteiger partial charge in [-0.25, -0.2) is 4.98 Å². The molecule has 0 bridgehead atoms. The number of hydrogen-bond acceptors (Lipinski definition) is 3. The highest BCUT2D eigenvalue weighted by Crippen LogP contribution is 2.40. The minimum atomic E-state index is -0.0810. The Bertz CT molecular complexity index is 715. The number of nitrogens with zero attached hydrogens (tertiary/aromatic N) is 2. The molecule has 4 rings (SSSR count). The molecule has 1 heterocycles. The summed E-state index contributed by atoms with van der Waals surface area (Å²) in [5.74, 6) is 1.63. The van der Waals surface area contributed by atoms with Crippen molar-refractivity contribution in [3.63, 3.8) is 0 Å². The summed E-state index contributed by atoms with van der Waals surface area (Å²) in [4.78, 5) is 21.3. The van der Waals surface area contributed by atoms with Crippen LogP contribution in [0.1, 0.15) is 55.4 Å². The van der Waals surface area contributed by atoms with Gasteiger partial charge in [0.25, 0.3) is 5.91 Å². The quantitative estimate of drug-likeness (QED) is 0.920. The number of nitrogens with one attached hydrogen (secondary N) is 1. The zero-order valence-corrected chi connectivity index (χ0v) is 13.4. The van der Waals surface area contributed by atoms with Crippen molar-refractivity contribution in [2.75, 3.05) is 0 Å². The molecule has 1 aromatic heterocycles. The minimum absolute atomic E-state index is 0.0810. The van der Waals surface area contributed by atoms with Crippen molar-refractivity contribution in [2.45, 2.75) is 51.0 Å². The van der Waals surface area contributed by atoms with E-state index in [1.807, 2.05) is 24.3 Å². The number of hydrogen-bond donors (Lipinski definition) is 1. The van der Waals surface area contributed by atoms with Gasteiger partial charge >= 0.3 is 0 Å². The molecular formula is C19H23N3O. The summed E-state index contributed by atoms with van der Waals surface area (Å²) in [6, 6.07) is 7.96. The number of benzene rings is 1. The molecule has 3 atom stereocenters. The van der Waals surface area contributed by atoms with Crippen LogP contribution in [0.25, 0.3) is 11.0 Å². The Labute approximate surface area is 136 Å². The fourth-order valence-corrected chi connectivity index (χ4v) is 4.33. The van der Waals surface area contributed by atoms with Crippen molar-refractivity contribution >= 4 is 16.9 Å². The van der Waals surface area contributed by atoms with Crippen molar-refractivity contribution in [1.29, 1.82) is 0 Å². The first-order chi connectivity index (χ1) is 11.3. The van der Waals surface area contributed by atoms with E-state index in [1.165, 1.54) is 32.1 Å². The normalized spacial score (nSPS) is 27.4. The number of aromatic nitrogens is 2. The Morgan fingerprint density at radius 3 is 2.65 bits per heavy atom. The summed E-state index contributed by atoms with van der Waals surface area (Å²) in [6.07, 6.45) is 10.6. The molecule has 120 valence electrons. The second-order valence-corrected chi connectivity index (χ2v) is 7.03. The lowest BCUT2D eigenvalue weighted by Gasteiger charge is -2.39. The van der Waals surface area contributed by atoms with Crippen LogP contribution < -0.4 is 5.32 Å². The highest BCUT2D eigenvalue weighted by atomic mass is 16.1. The van der Waals surface area contributed by atoms with Gasteiger partial charge in [0.1, 0.15) is 5.69 Å². The van der Waals surface area contributed by atoms with E-state index >= 15 is 0 Å². The Morgan fingerprint density at radius 1 is 1.00 bits per heavy atom. The molecule has 0 unspecified atom stereocenters. The molecule has 2 aliphatic carbocycles. The summed E-state index contributed by atoms with van der Waals surface area (Å²) in [5.41, 5.74) is 2.03. The first kappa shape index (κ1) is 14.6. The predicted molar refractivity (Wildman–Crippen MR) is 90.1 cm³/mol. The van der Waals surface area contributed by atoms with Gasteiger partial charge in [0.15, 0.2) is 0 Å². The molecule has 4 nitrogen and oxygen atoms in total. The zero-order chi connectivity index (χ0) is 15.6. The topological polar surface area (TPSA) is 54.9 Å². The average Bonchev–Trinajstić information content (AvgIpc) is 2.61. The number of carbonyl (C=O) groups is 1. The fourth-order valence-electron chi connectivity index (χ4n) is 4.33. The van der Waals surface area contributed by atoms with Gasteiger partial charge < -0.3 is 5.32 Å². The molecule has 2 fully saturated rings. The van der Waals surface area contributed by atoms with Gasteiger partial charge in [-0.05, 0) is 43.2 Å². The maximum atomic E-state index is 12.5. The number of fused-ring (bicyclic) bond motifs is 2. The number of rotatable bonds is 2. The first-order valence-electron chi connectivity index (χ1n) is 8.82. The predicted octanol–water partition coefficient (Wildman–Crippen LogP) is 3.72. The Hall–Kier alpha value is -1.97. The highest BCUT2D eigenvalue weighted by molar-refractivity contribution is 5.93. The standard InChI is InChI=1S/C19H23N3O/c23-19(18-12-20-16-7-3-4-8-17(16)22-18)21-15-10-9-13-5-1-2-6-14(13)11-15/h3-4,7-8,12-15H,1-2,5-6,9-11H2,(H,21,23)/t13-,14+,15-/m1/s1. The van der Waals surface area contributed by atoms with Crippen LogP contribution >= 0.6 is 0 Å². The third-order valence-electron chi connectivity index (χ3n) is 5.56. The lowest BCUT2D eigenvalue weighted by atomic mass is 9.69. The molecular weight excluding hydrogens is 286 g/mol. The van der Waals surface area contributed by atoms with E-state index in [1.54, 1.807) is 6.20 Å². The van der Waals surface area contributed by atoms with E-state index in [0.29, 0.717) is 11.7 Å². The molecule has 2 saturated carbocycles. The third-order valence-corrected chi connectivity index (χ3v) is 5.56. The van der Waals surface area contributed by atoms with Crippen LogP contribution in [0.15, 0.2) is 30.5 Å². The molecule has 1 amide bonds. The molecule has 1 aromatic carbocycles. The highest BCUT2D eigenvalue weighted by Gasteiger charge is 2.32. The van der Waals surface area contributed by atoms with E-state index in [2.05, 4.69) is 15.3 Å². The number of carbonyl (C=O) groups excluding carboxylic acids is 1. The SMILES string of the molecule is O=C(N[C@@H]1CC[C@H]2CCCC[C@H]2C1)c1cnc2ccccc2n1. The summed E-state index contributed by atoms with van der Waals surface area (Å²) >= 11 is 0. The maximum absolute atomic E-state index is 12.5. The summed E-state index contributed by atoms with van der Waals surface area (Å²) in [6.45, 7) is 0. The molecule has 0 saturated heterocycles. The molecule has 4 heteroatoms. The molecule has 23 heavy (non-hydrogen) atoms. The van der Waals surface area contributed by atoms with Gasteiger partial charge in [-0.15, -0.1) is 0 Å². The zero-order valence-electron chi connectivity index (χ0n) is 13.4. The fraction of sp³-hybridized carbons (Fsp3) is 0.526. The average molecular weight is 309 g/mol. The number of para-hydroxylation sites is 2. The van der Waals surface area contributed by atoms with E-state index in [9.17, 15) is 4.79 Å². The third kappa shape index (κ3) is 3.07. The van der Waals surface area contributed by atoms with Crippen LogP contribution in [0.3, 0.4) is 0 Å². The monoisotopic (exact) mass is 309 g/mol.